The Kier molecular flexibility index (Phi) is 6.01. The second-order valence-corrected chi connectivity index (χ2v) is 8.19. The Hall–Kier alpha value is -4.46. The van der Waals surface area contributed by atoms with E-state index in [2.05, 4.69) is 0 Å². The van der Waals surface area contributed by atoms with Gasteiger partial charge in [0.1, 0.15) is 17.2 Å². The number of ketones is 1. The summed E-state index contributed by atoms with van der Waals surface area (Å²) >= 11 is 0. The molecule has 184 valence electrons. The summed E-state index contributed by atoms with van der Waals surface area (Å²) in [5.41, 5.74) is 2.36. The molecule has 0 aliphatic carbocycles. The van der Waals surface area contributed by atoms with Crippen molar-refractivity contribution >= 4 is 17.8 Å². The number of hydrogen-bond donors (Lipinski definition) is 0. The molecule has 1 atom stereocenters. The number of para-hydroxylation sites is 1. The Balaban J connectivity index is 1.66. The smallest absolute Gasteiger partial charge is 0.312 e. The molecular formula is C28H24O8. The van der Waals surface area contributed by atoms with Crippen molar-refractivity contribution in [2.45, 2.75) is 12.3 Å². The van der Waals surface area contributed by atoms with Crippen LogP contribution in [0.3, 0.4) is 0 Å². The average Bonchev–Trinajstić information content (AvgIpc) is 3.22. The van der Waals surface area contributed by atoms with Crippen molar-refractivity contribution < 1.29 is 38.0 Å². The van der Waals surface area contributed by atoms with Gasteiger partial charge in [0, 0.05) is 22.6 Å². The molecule has 8 nitrogen and oxygen atoms in total. The first kappa shape index (κ1) is 23.3. The van der Waals surface area contributed by atoms with Crippen LogP contribution in [0.2, 0.25) is 0 Å². The third-order valence-electron chi connectivity index (χ3n) is 6.32. The molecule has 0 bridgehead atoms. The number of rotatable bonds is 6. The number of esters is 1. The van der Waals surface area contributed by atoms with Crippen molar-refractivity contribution in [3.63, 3.8) is 0 Å². The molecular weight excluding hydrogens is 464 g/mol. The molecule has 8 heteroatoms. The molecule has 2 heterocycles. The highest BCUT2D eigenvalue weighted by Crippen LogP contribution is 2.53. The van der Waals surface area contributed by atoms with Crippen LogP contribution in [0.15, 0.2) is 54.3 Å². The van der Waals surface area contributed by atoms with E-state index in [0.29, 0.717) is 56.8 Å². The van der Waals surface area contributed by atoms with Crippen LogP contribution >= 0.6 is 0 Å². The molecule has 2 aliphatic rings. The normalized spacial score (nSPS) is 17.1. The zero-order valence-electron chi connectivity index (χ0n) is 20.2. The van der Waals surface area contributed by atoms with Gasteiger partial charge in [-0.1, -0.05) is 24.3 Å². The number of ether oxygens (including phenoxy) is 6. The number of carbonyl (C=O) groups excluding carboxylic acids is 2. The van der Waals surface area contributed by atoms with Gasteiger partial charge in [-0.2, -0.15) is 0 Å². The molecule has 3 aromatic rings. The van der Waals surface area contributed by atoms with E-state index in [0.717, 1.165) is 0 Å². The van der Waals surface area contributed by atoms with Gasteiger partial charge in [-0.05, 0) is 30.3 Å². The third-order valence-corrected chi connectivity index (χ3v) is 6.32. The molecule has 3 aromatic carbocycles. The standard InChI is InChI=1S/C28H24O8/c1-31-19-8-6-5-7-15(19)13-22-25(30)17-10-11-20-24(26(17)36-22)18(14-23(29)35-20)16-9-12-21(32-2)28(34-4)27(16)33-3/h5-13,18H,14H2,1-4H3. The molecule has 0 amide bonds. The second kappa shape index (κ2) is 9.30. The Labute approximate surface area is 207 Å². The highest BCUT2D eigenvalue weighted by atomic mass is 16.5. The number of hydrogen-bond acceptors (Lipinski definition) is 8. The fraction of sp³-hybridized carbons (Fsp3) is 0.214. The van der Waals surface area contributed by atoms with Crippen LogP contribution < -0.4 is 28.4 Å². The second-order valence-electron chi connectivity index (χ2n) is 8.19. The monoisotopic (exact) mass is 488 g/mol. The lowest BCUT2D eigenvalue weighted by Crippen LogP contribution is -2.22. The molecule has 0 aromatic heterocycles. The van der Waals surface area contributed by atoms with E-state index >= 15 is 0 Å². The van der Waals surface area contributed by atoms with Crippen molar-refractivity contribution in [3.8, 4) is 34.5 Å². The number of methoxy groups -OCH3 is 4. The van der Waals surface area contributed by atoms with E-state index in [4.69, 9.17) is 28.4 Å². The average molecular weight is 488 g/mol. The number of allylic oxidation sites excluding steroid dienone is 1. The lowest BCUT2D eigenvalue weighted by molar-refractivity contribution is -0.135. The summed E-state index contributed by atoms with van der Waals surface area (Å²) in [4.78, 5) is 25.9. The summed E-state index contributed by atoms with van der Waals surface area (Å²) in [6, 6.07) is 14.1. The van der Waals surface area contributed by atoms with E-state index in [1.807, 2.05) is 24.3 Å². The van der Waals surface area contributed by atoms with Crippen molar-refractivity contribution in [2.24, 2.45) is 0 Å². The Morgan fingerprint density at radius 2 is 1.56 bits per heavy atom. The predicted molar refractivity (Wildman–Crippen MR) is 131 cm³/mol. The summed E-state index contributed by atoms with van der Waals surface area (Å²) in [5, 5.41) is 0. The van der Waals surface area contributed by atoms with Gasteiger partial charge in [-0.25, -0.2) is 0 Å². The summed E-state index contributed by atoms with van der Waals surface area (Å²) in [7, 11) is 6.13. The van der Waals surface area contributed by atoms with Crippen molar-refractivity contribution in [1.29, 1.82) is 0 Å². The Morgan fingerprint density at radius 1 is 0.806 bits per heavy atom. The predicted octanol–water partition coefficient (Wildman–Crippen LogP) is 4.78. The summed E-state index contributed by atoms with van der Waals surface area (Å²) in [6.45, 7) is 0. The summed E-state index contributed by atoms with van der Waals surface area (Å²) in [5.74, 6) is 1.58. The molecule has 0 radical (unpaired) electrons. The molecule has 0 spiro atoms. The van der Waals surface area contributed by atoms with E-state index in [9.17, 15) is 9.59 Å². The van der Waals surface area contributed by atoms with Gasteiger partial charge in [-0.3, -0.25) is 9.59 Å². The maximum absolute atomic E-state index is 13.3. The largest absolute Gasteiger partial charge is 0.496 e. The maximum atomic E-state index is 13.3. The first-order chi connectivity index (χ1) is 17.5. The Morgan fingerprint density at radius 3 is 2.28 bits per heavy atom. The van der Waals surface area contributed by atoms with Crippen molar-refractivity contribution in [3.05, 3.63) is 76.5 Å². The molecule has 36 heavy (non-hydrogen) atoms. The van der Waals surface area contributed by atoms with Crippen LogP contribution in [0.5, 0.6) is 34.5 Å². The summed E-state index contributed by atoms with van der Waals surface area (Å²) in [6.07, 6.45) is 1.67. The fourth-order valence-electron chi connectivity index (χ4n) is 4.70. The maximum Gasteiger partial charge on any atom is 0.312 e. The van der Waals surface area contributed by atoms with E-state index < -0.39 is 11.9 Å². The van der Waals surface area contributed by atoms with Crippen LogP contribution in [-0.2, 0) is 4.79 Å². The molecule has 0 saturated carbocycles. The highest BCUT2D eigenvalue weighted by Gasteiger charge is 2.40. The minimum atomic E-state index is -0.510. The molecule has 2 aliphatic heterocycles. The van der Waals surface area contributed by atoms with Crippen molar-refractivity contribution in [1.82, 2.24) is 0 Å². The fourth-order valence-corrected chi connectivity index (χ4v) is 4.70. The third kappa shape index (κ3) is 3.71. The van der Waals surface area contributed by atoms with Gasteiger partial charge >= 0.3 is 5.97 Å². The van der Waals surface area contributed by atoms with Gasteiger partial charge in [0.05, 0.1) is 40.4 Å². The first-order valence-electron chi connectivity index (χ1n) is 11.2. The first-order valence-corrected chi connectivity index (χ1v) is 11.2. The zero-order valence-corrected chi connectivity index (χ0v) is 20.2. The molecule has 0 fully saturated rings. The van der Waals surface area contributed by atoms with Gasteiger partial charge in [0.15, 0.2) is 17.3 Å². The number of benzene rings is 3. The topological polar surface area (TPSA) is 89.5 Å². The van der Waals surface area contributed by atoms with Gasteiger partial charge < -0.3 is 28.4 Å². The van der Waals surface area contributed by atoms with Gasteiger partial charge in [0.25, 0.3) is 0 Å². The molecule has 5 rings (SSSR count). The number of carbonyl (C=O) groups is 2. The number of Topliss-reactive ketones (excluding diaryl/α,β-unsaturated/α-hetero) is 1. The van der Waals surface area contributed by atoms with E-state index in [-0.39, 0.29) is 18.0 Å². The number of fused-ring (bicyclic) bond motifs is 3. The molecule has 0 saturated heterocycles. The minimum absolute atomic E-state index is 0.0262. The van der Waals surface area contributed by atoms with Crippen molar-refractivity contribution in [2.75, 3.05) is 28.4 Å². The SMILES string of the molecule is COc1ccccc1C=C1Oc2c(ccc3c2C(c2ccc(OC)c(OC)c2OC)CC(=O)O3)C1=O. The molecule has 1 unspecified atom stereocenters. The summed E-state index contributed by atoms with van der Waals surface area (Å²) < 4.78 is 33.7. The lowest BCUT2D eigenvalue weighted by atomic mass is 9.84. The van der Waals surface area contributed by atoms with E-state index in [1.165, 1.54) is 21.3 Å². The van der Waals surface area contributed by atoms with Crippen LogP contribution in [0.4, 0.5) is 0 Å². The minimum Gasteiger partial charge on any atom is -0.496 e. The van der Waals surface area contributed by atoms with E-state index in [1.54, 1.807) is 37.5 Å². The van der Waals surface area contributed by atoms with Gasteiger partial charge in [0.2, 0.25) is 11.5 Å². The quantitative estimate of drug-likeness (QED) is 0.278. The Bertz CT molecular complexity index is 1400. The highest BCUT2D eigenvalue weighted by molar-refractivity contribution is 6.15. The zero-order chi connectivity index (χ0) is 25.4. The van der Waals surface area contributed by atoms with Gasteiger partial charge in [-0.15, -0.1) is 0 Å². The van der Waals surface area contributed by atoms with Crippen LogP contribution in [0, 0.1) is 0 Å². The van der Waals surface area contributed by atoms with Crippen LogP contribution in [0.25, 0.3) is 6.08 Å². The van der Waals surface area contributed by atoms with Crippen LogP contribution in [0.1, 0.15) is 39.4 Å². The lowest BCUT2D eigenvalue weighted by Gasteiger charge is -2.28. The molecule has 0 N–H and O–H groups in total. The van der Waals surface area contributed by atoms with Crippen LogP contribution in [-0.4, -0.2) is 40.2 Å².